The van der Waals surface area contributed by atoms with E-state index >= 15 is 0 Å². The number of methoxy groups -OCH3 is 1. The van der Waals surface area contributed by atoms with Gasteiger partial charge in [0.1, 0.15) is 11.4 Å². The van der Waals surface area contributed by atoms with E-state index in [0.29, 0.717) is 30.9 Å². The molecule has 1 heterocycles. The van der Waals surface area contributed by atoms with Gasteiger partial charge in [-0.15, -0.1) is 0 Å². The standard InChI is InChI=1S/C26H33N3O5.C8H10O.3H2/c1-16-19-10-6-5-9-18(19)12-20(16)25(33)28-13-22(30)27-14-23(31)29-21(11-17-7-3-4-8-17)24(32)26(2)15-34-26;1-7-3-5-8(9-2)6-4-7;;;/h5-6,9-10,17,21H,3-4,7-8,11-15H2,1-2H3,(H,27,30)(H,28,33)(H,29,31);3-6H,1-2H3;3*1H/t21-,26+;;;;/m0..../s1. The Kier molecular flexibility index (Phi) is 10.7. The van der Waals surface area contributed by atoms with Crippen LogP contribution >= 0.6 is 0 Å². The van der Waals surface area contributed by atoms with Crippen LogP contribution in [0.3, 0.4) is 0 Å². The number of fused-ring (bicyclic) bond motifs is 1. The number of nitrogens with one attached hydrogen (secondary N) is 3. The van der Waals surface area contributed by atoms with Crippen LogP contribution in [0.25, 0.3) is 5.57 Å². The summed E-state index contributed by atoms with van der Waals surface area (Å²) in [4.78, 5) is 50.1. The topological polar surface area (TPSA) is 126 Å². The molecular formula is C34H49N3O6. The molecule has 0 bridgehead atoms. The molecule has 1 aliphatic heterocycles. The zero-order valence-corrected chi connectivity index (χ0v) is 25.6. The van der Waals surface area contributed by atoms with Gasteiger partial charge in [0.2, 0.25) is 17.7 Å². The molecule has 2 aromatic carbocycles. The van der Waals surface area contributed by atoms with E-state index < -0.39 is 23.5 Å². The molecular weight excluding hydrogens is 546 g/mol. The van der Waals surface area contributed by atoms with Gasteiger partial charge in [-0.25, -0.2) is 0 Å². The highest BCUT2D eigenvalue weighted by molar-refractivity contribution is 6.05. The van der Waals surface area contributed by atoms with Crippen molar-refractivity contribution in [2.45, 2.75) is 70.9 Å². The number of hydrogen-bond donors (Lipinski definition) is 3. The van der Waals surface area contributed by atoms with E-state index in [0.717, 1.165) is 48.1 Å². The molecule has 1 saturated heterocycles. The Morgan fingerprint density at radius 2 is 1.63 bits per heavy atom. The van der Waals surface area contributed by atoms with Crippen LogP contribution in [0.15, 0.2) is 54.1 Å². The van der Waals surface area contributed by atoms with Crippen molar-refractivity contribution in [2.75, 3.05) is 26.8 Å². The maximum absolute atomic E-state index is 12.8. The SMILES string of the molecule is CC1=C(C(=O)NCC(=O)NCC(=O)N[C@@H](CC2CCCC2)C(=O)[C@@]2(C)CO2)Cc2ccccc21.COc1ccc(C)cc1.[HH].[HH].[HH]. The molecule has 0 aromatic heterocycles. The van der Waals surface area contributed by atoms with Gasteiger partial charge in [-0.3, -0.25) is 19.2 Å². The van der Waals surface area contributed by atoms with Gasteiger partial charge in [-0.05, 0) is 61.9 Å². The second-order valence-corrected chi connectivity index (χ2v) is 11.8. The molecule has 2 aromatic rings. The zero-order valence-electron chi connectivity index (χ0n) is 25.6. The first-order chi connectivity index (χ1) is 20.6. The van der Waals surface area contributed by atoms with Crippen LogP contribution in [-0.4, -0.2) is 62.0 Å². The molecule has 43 heavy (non-hydrogen) atoms. The predicted molar refractivity (Wildman–Crippen MR) is 171 cm³/mol. The zero-order chi connectivity index (χ0) is 31.0. The van der Waals surface area contributed by atoms with Crippen molar-refractivity contribution in [3.8, 4) is 5.75 Å². The number of carbonyl (C=O) groups excluding carboxylic acids is 4. The van der Waals surface area contributed by atoms with Gasteiger partial charge in [0.15, 0.2) is 5.78 Å². The van der Waals surface area contributed by atoms with E-state index in [1.54, 1.807) is 14.0 Å². The number of hydrogen-bond acceptors (Lipinski definition) is 6. The molecule has 9 nitrogen and oxygen atoms in total. The summed E-state index contributed by atoms with van der Waals surface area (Å²) in [5, 5.41) is 7.96. The quantitative estimate of drug-likeness (QED) is 0.331. The van der Waals surface area contributed by atoms with E-state index in [2.05, 4.69) is 22.9 Å². The summed E-state index contributed by atoms with van der Waals surface area (Å²) < 4.78 is 10.3. The number of ketones is 1. The summed E-state index contributed by atoms with van der Waals surface area (Å²) in [7, 11) is 1.67. The molecule has 2 aliphatic carbocycles. The lowest BCUT2D eigenvalue weighted by molar-refractivity contribution is -0.131. The Hall–Kier alpha value is -3.98. The minimum Gasteiger partial charge on any atom is -0.497 e. The summed E-state index contributed by atoms with van der Waals surface area (Å²) >= 11 is 0. The van der Waals surface area contributed by atoms with Crippen molar-refractivity contribution in [1.29, 1.82) is 0 Å². The number of ether oxygens (including phenoxy) is 2. The monoisotopic (exact) mass is 595 g/mol. The van der Waals surface area contributed by atoms with Crippen molar-refractivity contribution in [1.82, 2.24) is 16.0 Å². The van der Waals surface area contributed by atoms with Crippen LogP contribution in [0.5, 0.6) is 5.75 Å². The molecule has 0 spiro atoms. The molecule has 9 heteroatoms. The molecule has 236 valence electrons. The van der Waals surface area contributed by atoms with Crippen LogP contribution < -0.4 is 20.7 Å². The first kappa shape index (κ1) is 31.9. The fourth-order valence-corrected chi connectivity index (χ4v) is 5.63. The smallest absolute Gasteiger partial charge is 0.248 e. The minimum absolute atomic E-state index is 0. The van der Waals surface area contributed by atoms with Gasteiger partial charge in [0, 0.05) is 16.3 Å². The minimum atomic E-state index is -0.809. The Bertz CT molecular complexity index is 1370. The lowest BCUT2D eigenvalue weighted by atomic mass is 9.91. The van der Waals surface area contributed by atoms with E-state index in [1.165, 1.54) is 5.56 Å². The van der Waals surface area contributed by atoms with Gasteiger partial charge in [0.25, 0.3) is 0 Å². The number of carbonyl (C=O) groups is 4. The fourth-order valence-electron chi connectivity index (χ4n) is 5.63. The summed E-state index contributed by atoms with van der Waals surface area (Å²) in [6, 6.07) is 15.2. The second-order valence-electron chi connectivity index (χ2n) is 11.8. The molecule has 3 N–H and O–H groups in total. The summed E-state index contributed by atoms with van der Waals surface area (Å²) in [5.74, 6) is 0.0562. The largest absolute Gasteiger partial charge is 0.497 e. The van der Waals surface area contributed by atoms with Crippen molar-refractivity contribution in [3.63, 3.8) is 0 Å². The van der Waals surface area contributed by atoms with E-state index in [-0.39, 0.29) is 29.1 Å². The summed E-state index contributed by atoms with van der Waals surface area (Å²) in [6.45, 7) is 5.60. The van der Waals surface area contributed by atoms with Crippen LogP contribution in [-0.2, 0) is 30.3 Å². The number of rotatable bonds is 11. The van der Waals surface area contributed by atoms with Gasteiger partial charge >= 0.3 is 0 Å². The fraction of sp³-hybridized carbons (Fsp3) is 0.471. The first-order valence-electron chi connectivity index (χ1n) is 15.0. The van der Waals surface area contributed by atoms with E-state index in [1.807, 2.05) is 55.5 Å². The first-order valence-corrected chi connectivity index (χ1v) is 15.0. The third kappa shape index (κ3) is 8.76. The molecule has 1 saturated carbocycles. The number of epoxide rings is 1. The summed E-state index contributed by atoms with van der Waals surface area (Å²) in [5.41, 5.74) is 4.17. The van der Waals surface area contributed by atoms with E-state index in [9.17, 15) is 19.2 Å². The maximum atomic E-state index is 12.8. The van der Waals surface area contributed by atoms with Crippen LogP contribution in [0.4, 0.5) is 0 Å². The van der Waals surface area contributed by atoms with Crippen molar-refractivity contribution >= 4 is 29.1 Å². The molecule has 0 unspecified atom stereocenters. The molecule has 3 aliphatic rings. The highest BCUT2D eigenvalue weighted by Gasteiger charge is 2.50. The third-order valence-corrected chi connectivity index (χ3v) is 8.42. The Balaban J connectivity index is 0.000000765. The average Bonchev–Trinajstić information content (AvgIpc) is 3.39. The Morgan fingerprint density at radius 1 is 0.977 bits per heavy atom. The third-order valence-electron chi connectivity index (χ3n) is 8.42. The second kappa shape index (κ2) is 14.5. The summed E-state index contributed by atoms with van der Waals surface area (Å²) in [6.07, 6.45) is 5.57. The van der Waals surface area contributed by atoms with Crippen LogP contribution in [0.2, 0.25) is 0 Å². The van der Waals surface area contributed by atoms with Gasteiger partial charge in [-0.1, -0.05) is 67.6 Å². The van der Waals surface area contributed by atoms with Crippen molar-refractivity contribution < 1.29 is 32.9 Å². The average molecular weight is 596 g/mol. The Morgan fingerprint density at radius 3 is 2.26 bits per heavy atom. The Labute approximate surface area is 258 Å². The normalized spacial score (nSPS) is 19.4. The van der Waals surface area contributed by atoms with Gasteiger partial charge in [-0.2, -0.15) is 0 Å². The van der Waals surface area contributed by atoms with Crippen molar-refractivity contribution in [3.05, 3.63) is 70.8 Å². The molecule has 2 atom stereocenters. The highest BCUT2D eigenvalue weighted by Crippen LogP contribution is 2.34. The highest BCUT2D eigenvalue weighted by atomic mass is 16.6. The van der Waals surface area contributed by atoms with Crippen LogP contribution in [0, 0.1) is 12.8 Å². The lowest BCUT2D eigenvalue weighted by Gasteiger charge is -2.22. The van der Waals surface area contributed by atoms with Gasteiger partial charge in [0.05, 0.1) is 32.8 Å². The lowest BCUT2D eigenvalue weighted by Crippen LogP contribution is -2.50. The number of aryl methyl sites for hydroxylation is 1. The molecule has 3 amide bonds. The predicted octanol–water partition coefficient (Wildman–Crippen LogP) is 4.41. The molecule has 0 radical (unpaired) electrons. The number of allylic oxidation sites excluding steroid dienone is 1. The number of Topliss-reactive ketones (excluding diaryl/α,β-unsaturated/α-hetero) is 1. The molecule has 5 rings (SSSR count). The molecule has 2 fully saturated rings. The number of amides is 3. The maximum Gasteiger partial charge on any atom is 0.248 e. The van der Waals surface area contributed by atoms with E-state index in [4.69, 9.17) is 9.47 Å². The number of benzene rings is 2. The van der Waals surface area contributed by atoms with Crippen LogP contribution in [0.1, 0.15) is 66.9 Å². The van der Waals surface area contributed by atoms with Crippen molar-refractivity contribution in [2.24, 2.45) is 5.92 Å². The van der Waals surface area contributed by atoms with Gasteiger partial charge < -0.3 is 25.4 Å².